The Kier molecular flexibility index (Phi) is 5.94. The third-order valence-corrected chi connectivity index (χ3v) is 3.43. The molecule has 1 saturated carbocycles. The van der Waals surface area contributed by atoms with Gasteiger partial charge in [0.25, 0.3) is 0 Å². The molecular formula is C15H22N2O5. The maximum Gasteiger partial charge on any atom is 0.360 e. The van der Waals surface area contributed by atoms with Crippen LogP contribution in [0.2, 0.25) is 0 Å². The SMILES string of the molecule is CCOCCCN(Cc1nc(C(=O)OC)co1)C(=O)C1CC1. The standard InChI is InChI=1S/C15H22N2O5/c1-3-21-8-4-7-17(14(18)11-5-6-11)9-13-16-12(10-22-13)15(19)20-2/h10-11H,3-9H2,1-2H3. The van der Waals surface area contributed by atoms with E-state index in [1.165, 1.54) is 13.4 Å². The van der Waals surface area contributed by atoms with Crippen molar-refractivity contribution in [2.45, 2.75) is 32.7 Å². The van der Waals surface area contributed by atoms with E-state index in [1.54, 1.807) is 4.90 Å². The van der Waals surface area contributed by atoms with Crippen molar-refractivity contribution in [1.29, 1.82) is 0 Å². The van der Waals surface area contributed by atoms with Gasteiger partial charge in [0, 0.05) is 25.7 Å². The molecule has 0 bridgehead atoms. The van der Waals surface area contributed by atoms with Crippen molar-refractivity contribution in [3.05, 3.63) is 17.8 Å². The molecule has 0 atom stereocenters. The van der Waals surface area contributed by atoms with Crippen molar-refractivity contribution in [3.8, 4) is 0 Å². The topological polar surface area (TPSA) is 81.9 Å². The first-order valence-electron chi connectivity index (χ1n) is 7.55. The molecule has 22 heavy (non-hydrogen) atoms. The number of aromatic nitrogens is 1. The predicted octanol–water partition coefficient (Wildman–Crippen LogP) is 1.63. The van der Waals surface area contributed by atoms with Crippen LogP contribution in [0.15, 0.2) is 10.7 Å². The molecule has 122 valence electrons. The summed E-state index contributed by atoms with van der Waals surface area (Å²) in [5, 5.41) is 0. The van der Waals surface area contributed by atoms with E-state index < -0.39 is 5.97 Å². The van der Waals surface area contributed by atoms with Crippen molar-refractivity contribution in [3.63, 3.8) is 0 Å². The van der Waals surface area contributed by atoms with Crippen LogP contribution in [-0.4, -0.2) is 48.6 Å². The van der Waals surface area contributed by atoms with Gasteiger partial charge in [-0.15, -0.1) is 0 Å². The number of methoxy groups -OCH3 is 1. The molecule has 0 aromatic carbocycles. The summed E-state index contributed by atoms with van der Waals surface area (Å²) in [6.07, 6.45) is 3.90. The lowest BCUT2D eigenvalue weighted by Crippen LogP contribution is -2.33. The summed E-state index contributed by atoms with van der Waals surface area (Å²) in [5.41, 5.74) is 0.116. The van der Waals surface area contributed by atoms with Crippen LogP contribution in [0.3, 0.4) is 0 Å². The van der Waals surface area contributed by atoms with Crippen LogP contribution >= 0.6 is 0 Å². The Morgan fingerprint density at radius 3 is 2.86 bits per heavy atom. The Labute approximate surface area is 129 Å². The van der Waals surface area contributed by atoms with E-state index in [9.17, 15) is 9.59 Å². The van der Waals surface area contributed by atoms with E-state index >= 15 is 0 Å². The smallest absolute Gasteiger partial charge is 0.360 e. The molecule has 7 heteroatoms. The molecule has 0 N–H and O–H groups in total. The lowest BCUT2D eigenvalue weighted by Gasteiger charge is -2.21. The van der Waals surface area contributed by atoms with E-state index in [2.05, 4.69) is 9.72 Å². The summed E-state index contributed by atoms with van der Waals surface area (Å²) >= 11 is 0. The highest BCUT2D eigenvalue weighted by atomic mass is 16.5. The monoisotopic (exact) mass is 310 g/mol. The highest BCUT2D eigenvalue weighted by molar-refractivity contribution is 5.86. The first-order valence-corrected chi connectivity index (χ1v) is 7.55. The third kappa shape index (κ3) is 4.56. The quantitative estimate of drug-likeness (QED) is 0.509. The third-order valence-electron chi connectivity index (χ3n) is 3.43. The number of carbonyl (C=O) groups excluding carboxylic acids is 2. The molecule has 1 aromatic heterocycles. The molecule has 0 unspecified atom stereocenters. The molecule has 7 nitrogen and oxygen atoms in total. The average molecular weight is 310 g/mol. The number of ether oxygens (including phenoxy) is 2. The second kappa shape index (κ2) is 7.93. The Hall–Kier alpha value is -1.89. The summed E-state index contributed by atoms with van der Waals surface area (Å²) < 4.78 is 15.1. The van der Waals surface area contributed by atoms with E-state index in [0.717, 1.165) is 19.3 Å². The van der Waals surface area contributed by atoms with Crippen LogP contribution in [0.5, 0.6) is 0 Å². The second-order valence-corrected chi connectivity index (χ2v) is 5.20. The van der Waals surface area contributed by atoms with Crippen LogP contribution < -0.4 is 0 Å². The van der Waals surface area contributed by atoms with E-state index in [-0.39, 0.29) is 24.1 Å². The molecule has 1 aliphatic carbocycles. The molecule has 0 spiro atoms. The van der Waals surface area contributed by atoms with Gasteiger partial charge in [0.1, 0.15) is 6.26 Å². The van der Waals surface area contributed by atoms with Crippen molar-refractivity contribution in [2.75, 3.05) is 26.9 Å². The highest BCUT2D eigenvalue weighted by Gasteiger charge is 2.33. The predicted molar refractivity (Wildman–Crippen MR) is 77.1 cm³/mol. The van der Waals surface area contributed by atoms with Crippen LogP contribution in [0.25, 0.3) is 0 Å². The van der Waals surface area contributed by atoms with Gasteiger partial charge in [-0.05, 0) is 26.2 Å². The minimum Gasteiger partial charge on any atom is -0.464 e. The summed E-state index contributed by atoms with van der Waals surface area (Å²) in [6, 6.07) is 0. The van der Waals surface area contributed by atoms with Crippen LogP contribution in [0.4, 0.5) is 0 Å². The normalized spacial score (nSPS) is 13.9. The maximum absolute atomic E-state index is 12.3. The highest BCUT2D eigenvalue weighted by Crippen LogP contribution is 2.31. The zero-order valence-electron chi connectivity index (χ0n) is 13.0. The van der Waals surface area contributed by atoms with E-state index in [0.29, 0.717) is 25.6 Å². The fourth-order valence-electron chi connectivity index (χ4n) is 2.10. The van der Waals surface area contributed by atoms with Crippen molar-refractivity contribution in [2.24, 2.45) is 5.92 Å². The number of amides is 1. The molecule has 0 aliphatic heterocycles. The largest absolute Gasteiger partial charge is 0.464 e. The summed E-state index contributed by atoms with van der Waals surface area (Å²) in [7, 11) is 1.29. The van der Waals surface area contributed by atoms with E-state index in [4.69, 9.17) is 9.15 Å². The lowest BCUT2D eigenvalue weighted by molar-refractivity contribution is -0.133. The summed E-state index contributed by atoms with van der Waals surface area (Å²) in [4.78, 5) is 29.4. The fourth-order valence-corrected chi connectivity index (χ4v) is 2.10. The van der Waals surface area contributed by atoms with Crippen molar-refractivity contribution >= 4 is 11.9 Å². The minimum absolute atomic E-state index is 0.116. The van der Waals surface area contributed by atoms with Crippen LogP contribution in [-0.2, 0) is 20.8 Å². The molecule has 2 rings (SSSR count). The summed E-state index contributed by atoms with van der Waals surface area (Å²) in [6.45, 7) is 4.07. The van der Waals surface area contributed by atoms with Gasteiger partial charge in [0.15, 0.2) is 5.69 Å². The van der Waals surface area contributed by atoms with Gasteiger partial charge in [-0.2, -0.15) is 0 Å². The maximum atomic E-state index is 12.3. The lowest BCUT2D eigenvalue weighted by atomic mass is 10.3. The first-order chi connectivity index (χ1) is 10.7. The second-order valence-electron chi connectivity index (χ2n) is 5.20. The number of nitrogens with zero attached hydrogens (tertiary/aromatic N) is 2. The van der Waals surface area contributed by atoms with Crippen molar-refractivity contribution < 1.29 is 23.5 Å². The van der Waals surface area contributed by atoms with Gasteiger partial charge in [0.2, 0.25) is 11.8 Å². The van der Waals surface area contributed by atoms with Gasteiger partial charge in [-0.3, -0.25) is 4.79 Å². The molecular weight excluding hydrogens is 288 g/mol. The zero-order valence-corrected chi connectivity index (χ0v) is 13.0. The number of hydrogen-bond acceptors (Lipinski definition) is 6. The number of hydrogen-bond donors (Lipinski definition) is 0. The minimum atomic E-state index is -0.550. The number of esters is 1. The van der Waals surface area contributed by atoms with Crippen LogP contribution in [0, 0.1) is 5.92 Å². The van der Waals surface area contributed by atoms with Gasteiger partial charge in [-0.25, -0.2) is 9.78 Å². The van der Waals surface area contributed by atoms with Gasteiger partial charge in [0.05, 0.1) is 13.7 Å². The van der Waals surface area contributed by atoms with Crippen molar-refractivity contribution in [1.82, 2.24) is 9.88 Å². The van der Waals surface area contributed by atoms with Gasteiger partial charge < -0.3 is 18.8 Å². The van der Waals surface area contributed by atoms with E-state index in [1.807, 2.05) is 6.92 Å². The zero-order chi connectivity index (χ0) is 15.9. The molecule has 0 radical (unpaired) electrons. The Bertz CT molecular complexity index is 510. The molecule has 1 amide bonds. The summed E-state index contributed by atoms with van der Waals surface area (Å²) in [5.74, 6) is 0.0358. The fraction of sp³-hybridized carbons (Fsp3) is 0.667. The average Bonchev–Trinajstić information content (AvgIpc) is 3.28. The Morgan fingerprint density at radius 1 is 1.45 bits per heavy atom. The number of oxazole rings is 1. The first kappa shape index (κ1) is 16.5. The number of carbonyl (C=O) groups is 2. The molecule has 1 aromatic rings. The van der Waals surface area contributed by atoms with Crippen LogP contribution in [0.1, 0.15) is 42.6 Å². The molecule has 1 heterocycles. The Morgan fingerprint density at radius 2 is 2.23 bits per heavy atom. The number of rotatable bonds is 9. The van der Waals surface area contributed by atoms with Gasteiger partial charge in [-0.1, -0.05) is 0 Å². The molecule has 0 saturated heterocycles. The van der Waals surface area contributed by atoms with Gasteiger partial charge >= 0.3 is 5.97 Å². The molecule has 1 aliphatic rings. The Balaban J connectivity index is 1.94. The molecule has 1 fully saturated rings.